The first kappa shape index (κ1) is 11.4. The third kappa shape index (κ3) is 2.90. The molecule has 14 heavy (non-hydrogen) atoms. The Labute approximate surface area is 92.5 Å². The Hall–Kier alpha value is -0.710. The van der Waals surface area contributed by atoms with Crippen molar-refractivity contribution in [3.8, 4) is 0 Å². The highest BCUT2D eigenvalue weighted by molar-refractivity contribution is 9.10. The number of aromatic nitrogens is 2. The van der Waals surface area contributed by atoms with E-state index in [0.29, 0.717) is 6.61 Å². The molecule has 0 aliphatic rings. The van der Waals surface area contributed by atoms with E-state index in [1.807, 2.05) is 13.1 Å². The van der Waals surface area contributed by atoms with E-state index in [1.165, 1.54) is 0 Å². The van der Waals surface area contributed by atoms with E-state index in [1.54, 1.807) is 15.7 Å². The third-order valence-corrected chi connectivity index (χ3v) is 2.40. The molecule has 1 aromatic heterocycles. The van der Waals surface area contributed by atoms with Gasteiger partial charge in [-0.2, -0.15) is 0 Å². The number of hydrogen-bond acceptors (Lipinski definition) is 2. The summed E-state index contributed by atoms with van der Waals surface area (Å²) in [7, 11) is 0. The van der Waals surface area contributed by atoms with Crippen molar-refractivity contribution in [1.82, 2.24) is 4.73 Å². The molecule has 1 aromatic rings. The van der Waals surface area contributed by atoms with E-state index in [9.17, 15) is 0 Å². The average molecular weight is 264 g/mol. The molecule has 0 saturated carbocycles. The zero-order chi connectivity index (χ0) is 10.4. The van der Waals surface area contributed by atoms with E-state index in [4.69, 9.17) is 9.68 Å². The van der Waals surface area contributed by atoms with Gasteiger partial charge in [0.05, 0.1) is 15.9 Å². The van der Waals surface area contributed by atoms with Crippen LogP contribution in [0.4, 0.5) is 0 Å². The Bertz CT molecular complexity index is 276. The van der Waals surface area contributed by atoms with Gasteiger partial charge in [-0.1, -0.05) is 13.3 Å². The maximum Gasteiger partial charge on any atom is 0.403 e. The van der Waals surface area contributed by atoms with Crippen molar-refractivity contribution in [3.63, 3.8) is 0 Å². The summed E-state index contributed by atoms with van der Waals surface area (Å²) in [4.78, 5) is 10.8. The molecule has 1 rings (SSSR count). The fourth-order valence-electron chi connectivity index (χ4n) is 0.980. The standard InChI is InChI=1S/C9H16BrN2O2/c1-3-5-8-14-12-7-6-11(9(12)10)13-4-2/h6-7H,3-5,8H2,1-2H3/q+1. The van der Waals surface area contributed by atoms with Gasteiger partial charge in [-0.3, -0.25) is 0 Å². The molecule has 1 heterocycles. The fourth-order valence-corrected chi connectivity index (χ4v) is 1.42. The summed E-state index contributed by atoms with van der Waals surface area (Å²) in [5.41, 5.74) is 0. The van der Waals surface area contributed by atoms with Crippen LogP contribution in [0.2, 0.25) is 0 Å². The van der Waals surface area contributed by atoms with Gasteiger partial charge < -0.3 is 9.68 Å². The minimum Gasteiger partial charge on any atom is -0.335 e. The minimum absolute atomic E-state index is 0.627. The molecule has 0 unspecified atom stereocenters. The van der Waals surface area contributed by atoms with Crippen molar-refractivity contribution in [2.45, 2.75) is 26.7 Å². The average Bonchev–Trinajstić information content (AvgIpc) is 2.51. The second-order valence-corrected chi connectivity index (χ2v) is 3.53. The second kappa shape index (κ2) is 5.90. The quantitative estimate of drug-likeness (QED) is 0.570. The molecule has 0 aliphatic heterocycles. The van der Waals surface area contributed by atoms with Crippen LogP contribution in [-0.4, -0.2) is 17.9 Å². The summed E-state index contributed by atoms with van der Waals surface area (Å²) in [6, 6.07) is 0. The minimum atomic E-state index is 0.627. The molecule has 0 fully saturated rings. The zero-order valence-electron chi connectivity index (χ0n) is 8.57. The summed E-state index contributed by atoms with van der Waals surface area (Å²) in [5.74, 6) is 0. The summed E-state index contributed by atoms with van der Waals surface area (Å²) in [5, 5.41) is 0. The molecule has 0 N–H and O–H groups in total. The van der Waals surface area contributed by atoms with Gasteiger partial charge >= 0.3 is 4.73 Å². The molecule has 0 aromatic carbocycles. The molecule has 0 bridgehead atoms. The molecule has 0 saturated heterocycles. The Morgan fingerprint density at radius 2 is 2.29 bits per heavy atom. The van der Waals surface area contributed by atoms with E-state index in [2.05, 4.69) is 22.9 Å². The molecule has 0 spiro atoms. The van der Waals surface area contributed by atoms with Crippen molar-refractivity contribution in [2.24, 2.45) is 0 Å². The zero-order valence-corrected chi connectivity index (χ0v) is 10.2. The van der Waals surface area contributed by atoms with Crippen LogP contribution >= 0.6 is 15.9 Å². The first-order valence-corrected chi connectivity index (χ1v) is 5.64. The summed E-state index contributed by atoms with van der Waals surface area (Å²) >= 11 is 3.38. The van der Waals surface area contributed by atoms with Crippen LogP contribution in [0, 0.1) is 0 Å². The molecule has 4 nitrogen and oxygen atoms in total. The van der Waals surface area contributed by atoms with Crippen LogP contribution < -0.4 is 14.4 Å². The SMILES string of the molecule is CCCCOn1cc[n+](OCC)c1Br. The van der Waals surface area contributed by atoms with Gasteiger partial charge in [-0.25, -0.2) is 0 Å². The van der Waals surface area contributed by atoms with Crippen molar-refractivity contribution < 1.29 is 14.4 Å². The summed E-state index contributed by atoms with van der Waals surface area (Å²) in [6.07, 6.45) is 5.80. The topological polar surface area (TPSA) is 27.3 Å². The molecule has 0 atom stereocenters. The molecular formula is C9H16BrN2O2+. The van der Waals surface area contributed by atoms with Crippen LogP contribution in [-0.2, 0) is 0 Å². The highest BCUT2D eigenvalue weighted by Crippen LogP contribution is 2.01. The molecule has 80 valence electrons. The number of hydrogen-bond donors (Lipinski definition) is 0. The van der Waals surface area contributed by atoms with E-state index in [-0.39, 0.29) is 0 Å². The van der Waals surface area contributed by atoms with Crippen molar-refractivity contribution in [2.75, 3.05) is 13.2 Å². The Kier molecular flexibility index (Phi) is 4.79. The molecule has 5 heteroatoms. The first-order chi connectivity index (χ1) is 6.79. The van der Waals surface area contributed by atoms with Crippen molar-refractivity contribution >= 4 is 15.9 Å². The van der Waals surface area contributed by atoms with Gasteiger partial charge in [0.2, 0.25) is 0 Å². The van der Waals surface area contributed by atoms with Gasteiger partial charge in [0.15, 0.2) is 12.4 Å². The van der Waals surface area contributed by atoms with Crippen LogP contribution in [0.1, 0.15) is 26.7 Å². The molecule has 0 amide bonds. The lowest BCUT2D eigenvalue weighted by molar-refractivity contribution is -0.899. The maximum atomic E-state index is 5.47. The van der Waals surface area contributed by atoms with Crippen molar-refractivity contribution in [1.29, 1.82) is 0 Å². The van der Waals surface area contributed by atoms with Gasteiger partial charge in [-0.15, -0.1) is 0 Å². The highest BCUT2D eigenvalue weighted by Gasteiger charge is 2.16. The Morgan fingerprint density at radius 1 is 1.50 bits per heavy atom. The highest BCUT2D eigenvalue weighted by atomic mass is 79.9. The number of imidazole rings is 1. The number of halogens is 1. The third-order valence-electron chi connectivity index (χ3n) is 1.70. The summed E-state index contributed by atoms with van der Waals surface area (Å²) < 4.78 is 4.05. The number of unbranched alkanes of at least 4 members (excludes halogenated alkanes) is 1. The largest absolute Gasteiger partial charge is 0.403 e. The van der Waals surface area contributed by atoms with E-state index in [0.717, 1.165) is 24.2 Å². The van der Waals surface area contributed by atoms with Crippen LogP contribution in [0.5, 0.6) is 0 Å². The van der Waals surface area contributed by atoms with Gasteiger partial charge in [0.1, 0.15) is 13.2 Å². The van der Waals surface area contributed by atoms with Gasteiger partial charge in [0, 0.05) is 0 Å². The van der Waals surface area contributed by atoms with Crippen LogP contribution in [0.3, 0.4) is 0 Å². The van der Waals surface area contributed by atoms with E-state index < -0.39 is 0 Å². The van der Waals surface area contributed by atoms with Crippen molar-refractivity contribution in [3.05, 3.63) is 17.1 Å². The predicted molar refractivity (Wildman–Crippen MR) is 55.8 cm³/mol. The smallest absolute Gasteiger partial charge is 0.335 e. The lowest BCUT2D eigenvalue weighted by Crippen LogP contribution is -2.42. The normalized spacial score (nSPS) is 10.2. The molecular weight excluding hydrogens is 248 g/mol. The molecule has 0 radical (unpaired) electrons. The maximum absolute atomic E-state index is 5.47. The lowest BCUT2D eigenvalue weighted by Gasteiger charge is -1.99. The van der Waals surface area contributed by atoms with E-state index >= 15 is 0 Å². The Morgan fingerprint density at radius 3 is 2.93 bits per heavy atom. The summed E-state index contributed by atoms with van der Waals surface area (Å²) in [6.45, 7) is 5.42. The Balaban J connectivity index is 2.51. The van der Waals surface area contributed by atoms with Gasteiger partial charge in [0.25, 0.3) is 0 Å². The second-order valence-electron chi connectivity index (χ2n) is 2.82. The fraction of sp³-hybridized carbons (Fsp3) is 0.667. The van der Waals surface area contributed by atoms with Gasteiger partial charge in [-0.05, 0) is 22.8 Å². The predicted octanol–water partition coefficient (Wildman–Crippen LogP) is 1.22. The first-order valence-electron chi connectivity index (χ1n) is 4.84. The van der Waals surface area contributed by atoms with Crippen LogP contribution in [0.15, 0.2) is 17.1 Å². The van der Waals surface area contributed by atoms with Crippen LogP contribution in [0.25, 0.3) is 0 Å². The number of nitrogens with zero attached hydrogens (tertiary/aromatic N) is 2. The molecule has 0 aliphatic carbocycles. The number of rotatable bonds is 6. The lowest BCUT2D eigenvalue weighted by atomic mass is 10.4. The monoisotopic (exact) mass is 263 g/mol.